The second kappa shape index (κ2) is 6.66. The van der Waals surface area contributed by atoms with E-state index in [4.69, 9.17) is 10.2 Å². The van der Waals surface area contributed by atoms with Crippen molar-refractivity contribution in [3.63, 3.8) is 0 Å². The van der Waals surface area contributed by atoms with Gasteiger partial charge in [0.15, 0.2) is 5.96 Å². The lowest BCUT2D eigenvalue weighted by Crippen LogP contribution is -2.23. The molecule has 0 bridgehead atoms. The summed E-state index contributed by atoms with van der Waals surface area (Å²) in [7, 11) is 0. The van der Waals surface area contributed by atoms with Crippen molar-refractivity contribution in [3.05, 3.63) is 48.0 Å². The van der Waals surface area contributed by atoms with E-state index in [1.807, 2.05) is 31.2 Å². The Bertz CT molecular complexity index is 493. The van der Waals surface area contributed by atoms with Crippen molar-refractivity contribution in [2.24, 2.45) is 10.7 Å². The molecule has 0 atom stereocenters. The van der Waals surface area contributed by atoms with Crippen LogP contribution >= 0.6 is 12.4 Å². The van der Waals surface area contributed by atoms with Crippen LogP contribution in [-0.2, 0) is 6.54 Å². The average Bonchev–Trinajstić information content (AvgIpc) is 2.83. The SMILES string of the molecule is Cc1ccc(NC(N)=NCc2ccco2)nc1.Cl. The molecule has 5 nitrogen and oxygen atoms in total. The number of anilines is 1. The first-order valence-corrected chi connectivity index (χ1v) is 5.26. The van der Waals surface area contributed by atoms with Crippen LogP contribution in [0.15, 0.2) is 46.1 Å². The minimum Gasteiger partial charge on any atom is -0.467 e. The summed E-state index contributed by atoms with van der Waals surface area (Å²) in [4.78, 5) is 8.30. The number of aromatic nitrogens is 1. The molecule has 3 N–H and O–H groups in total. The molecule has 0 saturated heterocycles. The quantitative estimate of drug-likeness (QED) is 0.660. The molecule has 0 unspecified atom stereocenters. The van der Waals surface area contributed by atoms with Gasteiger partial charge in [-0.05, 0) is 30.7 Å². The van der Waals surface area contributed by atoms with E-state index >= 15 is 0 Å². The Morgan fingerprint density at radius 2 is 2.28 bits per heavy atom. The highest BCUT2D eigenvalue weighted by atomic mass is 35.5. The number of hydrogen-bond donors (Lipinski definition) is 2. The first kappa shape index (κ1) is 14.1. The standard InChI is InChI=1S/C12H14N4O.ClH/c1-9-4-5-11(14-7-9)16-12(13)15-8-10-3-2-6-17-10;/h2-7H,8H2,1H3,(H3,13,14,15,16);1H. The number of nitrogens with one attached hydrogen (secondary N) is 1. The minimum atomic E-state index is 0. The van der Waals surface area contributed by atoms with Gasteiger partial charge in [-0.25, -0.2) is 9.98 Å². The van der Waals surface area contributed by atoms with E-state index in [9.17, 15) is 0 Å². The molecule has 18 heavy (non-hydrogen) atoms. The third-order valence-corrected chi connectivity index (χ3v) is 2.15. The monoisotopic (exact) mass is 266 g/mol. The molecule has 2 rings (SSSR count). The van der Waals surface area contributed by atoms with Gasteiger partial charge in [0.1, 0.15) is 18.1 Å². The number of rotatable bonds is 3. The third kappa shape index (κ3) is 4.10. The number of guanidine groups is 1. The Kier molecular flexibility index (Phi) is 5.20. The Labute approximate surface area is 112 Å². The maximum Gasteiger partial charge on any atom is 0.194 e. The Morgan fingerprint density at radius 3 is 2.89 bits per heavy atom. The van der Waals surface area contributed by atoms with Crippen molar-refractivity contribution >= 4 is 24.2 Å². The molecule has 0 aliphatic heterocycles. The minimum absolute atomic E-state index is 0. The van der Waals surface area contributed by atoms with E-state index in [1.165, 1.54) is 0 Å². The van der Waals surface area contributed by atoms with E-state index in [-0.39, 0.29) is 12.4 Å². The van der Waals surface area contributed by atoms with Crippen LogP contribution in [0.1, 0.15) is 11.3 Å². The number of furan rings is 1. The summed E-state index contributed by atoms with van der Waals surface area (Å²) in [6.07, 6.45) is 3.37. The molecule has 0 amide bonds. The summed E-state index contributed by atoms with van der Waals surface area (Å²) in [5, 5.41) is 2.91. The molecule has 96 valence electrons. The number of nitrogens with zero attached hydrogens (tertiary/aromatic N) is 2. The zero-order valence-corrected chi connectivity index (χ0v) is 10.8. The predicted molar refractivity (Wildman–Crippen MR) is 73.9 cm³/mol. The maximum absolute atomic E-state index is 5.72. The molecule has 6 heteroatoms. The molecule has 2 aromatic rings. The van der Waals surface area contributed by atoms with Crippen LogP contribution in [0.2, 0.25) is 0 Å². The molecule has 0 fully saturated rings. The normalized spacial score (nSPS) is 10.8. The number of halogens is 1. The van der Waals surface area contributed by atoms with Gasteiger partial charge in [-0.1, -0.05) is 6.07 Å². The molecule has 0 radical (unpaired) electrons. The topological polar surface area (TPSA) is 76.4 Å². The van der Waals surface area contributed by atoms with Gasteiger partial charge in [-0.3, -0.25) is 0 Å². The smallest absolute Gasteiger partial charge is 0.194 e. The Hall–Kier alpha value is -2.01. The third-order valence-electron chi connectivity index (χ3n) is 2.15. The van der Waals surface area contributed by atoms with Crippen LogP contribution in [0, 0.1) is 6.92 Å². The molecule has 0 aliphatic carbocycles. The molecule has 0 spiro atoms. The number of hydrogen-bond acceptors (Lipinski definition) is 3. The van der Waals surface area contributed by atoms with E-state index in [0.717, 1.165) is 11.3 Å². The highest BCUT2D eigenvalue weighted by Crippen LogP contribution is 2.04. The van der Waals surface area contributed by atoms with Gasteiger partial charge in [-0.15, -0.1) is 12.4 Å². The number of aliphatic imine (C=N–C) groups is 1. The molecule has 2 aromatic heterocycles. The van der Waals surface area contributed by atoms with Gasteiger partial charge < -0.3 is 15.5 Å². The van der Waals surface area contributed by atoms with Crippen molar-refractivity contribution in [1.29, 1.82) is 0 Å². The van der Waals surface area contributed by atoms with E-state index in [0.29, 0.717) is 18.3 Å². The van der Waals surface area contributed by atoms with Crippen LogP contribution in [-0.4, -0.2) is 10.9 Å². The summed E-state index contributed by atoms with van der Waals surface area (Å²) < 4.78 is 5.14. The van der Waals surface area contributed by atoms with Gasteiger partial charge in [0.2, 0.25) is 0 Å². The van der Waals surface area contributed by atoms with Crippen LogP contribution in [0.4, 0.5) is 5.82 Å². The first-order chi connectivity index (χ1) is 8.24. The van der Waals surface area contributed by atoms with Crippen LogP contribution in [0.25, 0.3) is 0 Å². The summed E-state index contributed by atoms with van der Waals surface area (Å²) in [6, 6.07) is 7.47. The zero-order chi connectivity index (χ0) is 12.1. The van der Waals surface area contributed by atoms with Crippen molar-refractivity contribution in [2.75, 3.05) is 5.32 Å². The van der Waals surface area contributed by atoms with Crippen molar-refractivity contribution < 1.29 is 4.42 Å². The van der Waals surface area contributed by atoms with Crippen molar-refractivity contribution in [1.82, 2.24) is 4.98 Å². The second-order valence-electron chi connectivity index (χ2n) is 3.63. The first-order valence-electron chi connectivity index (χ1n) is 5.26. The molecule has 0 aliphatic rings. The van der Waals surface area contributed by atoms with Crippen molar-refractivity contribution in [3.8, 4) is 0 Å². The highest BCUT2D eigenvalue weighted by molar-refractivity contribution is 5.91. The molecular formula is C12H15ClN4O. The average molecular weight is 267 g/mol. The number of aryl methyl sites for hydroxylation is 1. The van der Waals surface area contributed by atoms with E-state index in [1.54, 1.807) is 12.5 Å². The largest absolute Gasteiger partial charge is 0.467 e. The lowest BCUT2D eigenvalue weighted by molar-refractivity contribution is 0.513. The zero-order valence-electron chi connectivity index (χ0n) is 9.96. The lowest BCUT2D eigenvalue weighted by Gasteiger charge is -2.04. The predicted octanol–water partition coefficient (Wildman–Crippen LogP) is 2.33. The van der Waals surface area contributed by atoms with E-state index in [2.05, 4.69) is 15.3 Å². The number of pyridine rings is 1. The fraction of sp³-hybridized carbons (Fsp3) is 0.167. The molecule has 0 aromatic carbocycles. The van der Waals surface area contributed by atoms with Gasteiger partial charge >= 0.3 is 0 Å². The maximum atomic E-state index is 5.72. The van der Waals surface area contributed by atoms with Crippen LogP contribution in [0.5, 0.6) is 0 Å². The van der Waals surface area contributed by atoms with Crippen molar-refractivity contribution in [2.45, 2.75) is 13.5 Å². The summed E-state index contributed by atoms with van der Waals surface area (Å²) in [5.41, 5.74) is 6.82. The fourth-order valence-electron chi connectivity index (χ4n) is 1.28. The second-order valence-corrected chi connectivity index (χ2v) is 3.63. The molecular weight excluding hydrogens is 252 g/mol. The Balaban J connectivity index is 0.00000162. The van der Waals surface area contributed by atoms with Gasteiger partial charge in [0, 0.05) is 6.20 Å². The summed E-state index contributed by atoms with van der Waals surface area (Å²) >= 11 is 0. The lowest BCUT2D eigenvalue weighted by atomic mass is 10.3. The molecule has 0 saturated carbocycles. The Morgan fingerprint density at radius 1 is 1.44 bits per heavy atom. The number of nitrogens with two attached hydrogens (primary N) is 1. The fourth-order valence-corrected chi connectivity index (χ4v) is 1.28. The van der Waals surface area contributed by atoms with E-state index < -0.39 is 0 Å². The summed E-state index contributed by atoms with van der Waals surface area (Å²) in [6.45, 7) is 2.39. The van der Waals surface area contributed by atoms with Crippen LogP contribution < -0.4 is 11.1 Å². The van der Waals surface area contributed by atoms with Gasteiger partial charge in [-0.2, -0.15) is 0 Å². The highest BCUT2D eigenvalue weighted by Gasteiger charge is 1.97. The summed E-state index contributed by atoms with van der Waals surface area (Å²) in [5.74, 6) is 1.76. The van der Waals surface area contributed by atoms with Gasteiger partial charge in [0.25, 0.3) is 0 Å². The van der Waals surface area contributed by atoms with Gasteiger partial charge in [0.05, 0.1) is 6.26 Å². The molecule has 2 heterocycles. The van der Waals surface area contributed by atoms with Crippen LogP contribution in [0.3, 0.4) is 0 Å².